The maximum absolute atomic E-state index is 12.5. The van der Waals surface area contributed by atoms with Gasteiger partial charge < -0.3 is 0 Å². The molecule has 0 aromatic heterocycles. The minimum atomic E-state index is -0.439. The molecule has 0 heterocycles. The Morgan fingerprint density at radius 1 is 1.11 bits per heavy atom. The third-order valence-corrected chi connectivity index (χ3v) is 3.89. The molecule has 0 aliphatic heterocycles. The largest absolute Gasteiger partial charge is 0.293 e. The van der Waals surface area contributed by atoms with Gasteiger partial charge in [-0.15, -0.1) is 0 Å². The van der Waals surface area contributed by atoms with Crippen LogP contribution in [0.25, 0.3) is 0 Å². The van der Waals surface area contributed by atoms with Crippen molar-refractivity contribution in [1.29, 1.82) is 0 Å². The smallest absolute Gasteiger partial charge is 0.190 e. The average molecular weight is 315 g/mol. The van der Waals surface area contributed by atoms with Crippen molar-refractivity contribution >= 4 is 27.5 Å². The number of carbonyl (C=O) groups excluding carboxylic acids is 2. The Bertz CT molecular complexity index is 665. The van der Waals surface area contributed by atoms with Crippen LogP contribution in [0.2, 0.25) is 0 Å². The molecule has 0 N–H and O–H groups in total. The fourth-order valence-corrected chi connectivity index (χ4v) is 2.82. The molecule has 1 aromatic carbocycles. The van der Waals surface area contributed by atoms with Crippen molar-refractivity contribution in [3.8, 4) is 0 Å². The lowest BCUT2D eigenvalue weighted by molar-refractivity contribution is 0.0903. The van der Waals surface area contributed by atoms with Gasteiger partial charge in [0.1, 0.15) is 0 Å². The monoisotopic (exact) mass is 314 g/mol. The Kier molecular flexibility index (Phi) is 3.07. The van der Waals surface area contributed by atoms with E-state index in [0.29, 0.717) is 23.1 Å². The lowest BCUT2D eigenvalue weighted by atomic mass is 9.77. The Morgan fingerprint density at radius 2 is 1.95 bits per heavy atom. The van der Waals surface area contributed by atoms with Crippen molar-refractivity contribution in [2.75, 3.05) is 0 Å². The van der Waals surface area contributed by atoms with E-state index in [4.69, 9.17) is 0 Å². The topological polar surface area (TPSA) is 34.1 Å². The highest BCUT2D eigenvalue weighted by atomic mass is 79.9. The summed E-state index contributed by atoms with van der Waals surface area (Å²) < 4.78 is 0.813. The van der Waals surface area contributed by atoms with E-state index in [0.717, 1.165) is 4.47 Å². The number of halogens is 1. The molecular weight excluding hydrogens is 304 g/mol. The predicted molar refractivity (Wildman–Crippen MR) is 77.3 cm³/mol. The third kappa shape index (κ3) is 2.04. The maximum atomic E-state index is 12.5. The first-order valence-corrected chi connectivity index (χ1v) is 6.89. The van der Waals surface area contributed by atoms with E-state index in [1.54, 1.807) is 24.3 Å². The molecule has 3 heteroatoms. The standard InChI is InChI=1S/C16H11BrO2/c17-10-7-8-13-14(9-10)16(19)12-6-4-2-1-3-5-11(12)15(13)18/h1-3,5-9,11H,4H2/b2-1-,5-3?,12-6+. The summed E-state index contributed by atoms with van der Waals surface area (Å²) in [5, 5.41) is 0. The SMILES string of the molecule is O=C1/C2=C/C/C=C\C=CC2C(=O)c2ccc(Br)cc21. The molecule has 1 unspecified atom stereocenters. The second-order valence-corrected chi connectivity index (χ2v) is 5.48. The molecule has 3 rings (SSSR count). The molecule has 1 atom stereocenters. The lowest BCUT2D eigenvalue weighted by Gasteiger charge is -2.23. The van der Waals surface area contributed by atoms with Gasteiger partial charge >= 0.3 is 0 Å². The second-order valence-electron chi connectivity index (χ2n) is 4.57. The van der Waals surface area contributed by atoms with Crippen LogP contribution in [0.5, 0.6) is 0 Å². The third-order valence-electron chi connectivity index (χ3n) is 3.40. The summed E-state index contributed by atoms with van der Waals surface area (Å²) in [4.78, 5) is 25.0. The minimum absolute atomic E-state index is 0.0000926. The van der Waals surface area contributed by atoms with Crippen molar-refractivity contribution in [1.82, 2.24) is 0 Å². The summed E-state index contributed by atoms with van der Waals surface area (Å²) in [5.41, 5.74) is 1.61. The summed E-state index contributed by atoms with van der Waals surface area (Å²) in [5.74, 6) is -0.480. The minimum Gasteiger partial charge on any atom is -0.293 e. The Labute approximate surface area is 119 Å². The van der Waals surface area contributed by atoms with Crippen molar-refractivity contribution in [2.45, 2.75) is 6.42 Å². The highest BCUT2D eigenvalue weighted by Crippen LogP contribution is 2.33. The van der Waals surface area contributed by atoms with Gasteiger partial charge in [-0.25, -0.2) is 0 Å². The van der Waals surface area contributed by atoms with Crippen LogP contribution < -0.4 is 0 Å². The molecule has 0 saturated carbocycles. The Hall–Kier alpha value is -1.74. The average Bonchev–Trinajstić information content (AvgIpc) is 2.36. The molecule has 0 saturated heterocycles. The molecule has 19 heavy (non-hydrogen) atoms. The number of Topliss-reactive ketones (excluding diaryl/α,β-unsaturated/α-hetero) is 2. The normalized spacial score (nSPS) is 25.7. The quantitative estimate of drug-likeness (QED) is 0.728. The summed E-state index contributed by atoms with van der Waals surface area (Å²) in [6, 6.07) is 5.25. The summed E-state index contributed by atoms with van der Waals surface area (Å²) in [6.07, 6.45) is 10.0. The molecule has 94 valence electrons. The predicted octanol–water partition coefficient (Wildman–Crippen LogP) is 3.89. The highest BCUT2D eigenvalue weighted by molar-refractivity contribution is 9.10. The van der Waals surface area contributed by atoms with Crippen LogP contribution in [0.4, 0.5) is 0 Å². The number of fused-ring (bicyclic) bond motifs is 2. The van der Waals surface area contributed by atoms with Gasteiger partial charge in [-0.3, -0.25) is 9.59 Å². The summed E-state index contributed by atoms with van der Waals surface area (Å²) >= 11 is 3.35. The van der Waals surface area contributed by atoms with Gasteiger partial charge in [-0.2, -0.15) is 0 Å². The van der Waals surface area contributed by atoms with Crippen LogP contribution in [0.1, 0.15) is 27.1 Å². The van der Waals surface area contributed by atoms with Crippen LogP contribution in [0.15, 0.2) is 58.6 Å². The molecule has 2 aliphatic rings. The van der Waals surface area contributed by atoms with E-state index in [1.807, 2.05) is 24.3 Å². The van der Waals surface area contributed by atoms with Gasteiger partial charge in [0.2, 0.25) is 0 Å². The van der Waals surface area contributed by atoms with Crippen LogP contribution >= 0.6 is 15.9 Å². The van der Waals surface area contributed by atoms with Gasteiger partial charge in [0.05, 0.1) is 5.92 Å². The fraction of sp³-hybridized carbons (Fsp3) is 0.125. The van der Waals surface area contributed by atoms with Gasteiger partial charge in [-0.1, -0.05) is 46.3 Å². The molecule has 0 amide bonds. The molecule has 2 nitrogen and oxygen atoms in total. The molecular formula is C16H11BrO2. The number of rotatable bonds is 0. The second kappa shape index (κ2) is 4.74. The van der Waals surface area contributed by atoms with E-state index in [2.05, 4.69) is 15.9 Å². The van der Waals surface area contributed by atoms with E-state index in [-0.39, 0.29) is 11.6 Å². The number of hydrogen-bond donors (Lipinski definition) is 0. The summed E-state index contributed by atoms with van der Waals surface area (Å²) in [7, 11) is 0. The molecule has 1 aromatic rings. The fourth-order valence-electron chi connectivity index (χ4n) is 2.46. The molecule has 0 radical (unpaired) electrons. The zero-order valence-electron chi connectivity index (χ0n) is 10.1. The van der Waals surface area contributed by atoms with Gasteiger partial charge in [0.25, 0.3) is 0 Å². The molecule has 0 spiro atoms. The van der Waals surface area contributed by atoms with Crippen LogP contribution in [0.3, 0.4) is 0 Å². The van der Waals surface area contributed by atoms with Crippen LogP contribution in [-0.4, -0.2) is 11.6 Å². The van der Waals surface area contributed by atoms with E-state index >= 15 is 0 Å². The van der Waals surface area contributed by atoms with E-state index < -0.39 is 5.92 Å². The highest BCUT2D eigenvalue weighted by Gasteiger charge is 2.35. The zero-order chi connectivity index (χ0) is 13.4. The van der Waals surface area contributed by atoms with Gasteiger partial charge in [-0.05, 0) is 24.6 Å². The van der Waals surface area contributed by atoms with E-state index in [1.165, 1.54) is 0 Å². The van der Waals surface area contributed by atoms with Crippen LogP contribution in [0, 0.1) is 5.92 Å². The number of carbonyl (C=O) groups is 2. The van der Waals surface area contributed by atoms with Crippen molar-refractivity contribution < 1.29 is 9.59 Å². The number of ketones is 2. The Balaban J connectivity index is 2.21. The maximum Gasteiger partial charge on any atom is 0.190 e. The first-order valence-electron chi connectivity index (χ1n) is 6.10. The molecule has 2 aliphatic carbocycles. The van der Waals surface area contributed by atoms with Crippen molar-refractivity contribution in [2.24, 2.45) is 5.92 Å². The number of allylic oxidation sites excluding steroid dienone is 6. The van der Waals surface area contributed by atoms with E-state index in [9.17, 15) is 9.59 Å². The Morgan fingerprint density at radius 3 is 2.79 bits per heavy atom. The first-order chi connectivity index (χ1) is 9.18. The molecule has 0 fully saturated rings. The zero-order valence-corrected chi connectivity index (χ0v) is 11.7. The summed E-state index contributed by atoms with van der Waals surface area (Å²) in [6.45, 7) is 0. The first kappa shape index (κ1) is 12.3. The van der Waals surface area contributed by atoms with Crippen molar-refractivity contribution in [3.05, 3.63) is 69.8 Å². The van der Waals surface area contributed by atoms with Gasteiger partial charge in [0, 0.05) is 21.2 Å². The number of benzene rings is 1. The lowest BCUT2D eigenvalue weighted by Crippen LogP contribution is -2.28. The van der Waals surface area contributed by atoms with Crippen LogP contribution in [-0.2, 0) is 0 Å². The number of hydrogen-bond acceptors (Lipinski definition) is 2. The molecule has 0 bridgehead atoms. The van der Waals surface area contributed by atoms with Crippen molar-refractivity contribution in [3.63, 3.8) is 0 Å². The van der Waals surface area contributed by atoms with Gasteiger partial charge in [0.15, 0.2) is 11.6 Å².